The standard InChI is InChI=1S/C20H13N3O4/c24-10-5-3-4-9(8-10)13-14-16(11-6-1-2-7-12(11)17(14)25)21-18-15(13)19(26)23-20(27)22-18/h1-8,13,24H,(H3,21,22,23,26,27). The molecule has 27 heavy (non-hydrogen) atoms. The zero-order chi connectivity index (χ0) is 18.7. The van der Waals surface area contributed by atoms with Crippen LogP contribution < -0.4 is 16.6 Å². The van der Waals surface area contributed by atoms with E-state index in [4.69, 9.17) is 0 Å². The summed E-state index contributed by atoms with van der Waals surface area (Å²) in [5.41, 5.74) is 1.85. The second-order valence-electron chi connectivity index (χ2n) is 6.51. The number of aromatic nitrogens is 2. The lowest BCUT2D eigenvalue weighted by atomic mass is 9.81. The van der Waals surface area contributed by atoms with Crippen LogP contribution in [0, 0.1) is 0 Å². The smallest absolute Gasteiger partial charge is 0.327 e. The van der Waals surface area contributed by atoms with Gasteiger partial charge in [-0.05, 0) is 17.7 Å². The zero-order valence-corrected chi connectivity index (χ0v) is 13.9. The lowest BCUT2D eigenvalue weighted by Gasteiger charge is -2.27. The van der Waals surface area contributed by atoms with Crippen LogP contribution >= 0.6 is 0 Å². The Morgan fingerprint density at radius 1 is 0.889 bits per heavy atom. The third-order valence-corrected chi connectivity index (χ3v) is 4.97. The SMILES string of the molecule is O=C1C2=C(Nc3[nH]c(=O)[nH]c(=O)c3C2c2cccc(O)c2)c2ccccc21. The third kappa shape index (κ3) is 2.11. The average molecular weight is 359 g/mol. The van der Waals surface area contributed by atoms with Gasteiger partial charge in [0.25, 0.3) is 5.56 Å². The highest BCUT2D eigenvalue weighted by atomic mass is 16.3. The van der Waals surface area contributed by atoms with Gasteiger partial charge in [-0.2, -0.15) is 0 Å². The maximum absolute atomic E-state index is 13.1. The predicted molar refractivity (Wildman–Crippen MR) is 98.9 cm³/mol. The Morgan fingerprint density at radius 2 is 1.67 bits per heavy atom. The first-order valence-corrected chi connectivity index (χ1v) is 8.35. The first kappa shape index (κ1) is 15.4. The van der Waals surface area contributed by atoms with Gasteiger partial charge in [0.15, 0.2) is 5.78 Å². The number of allylic oxidation sites excluding steroid dienone is 1. The minimum absolute atomic E-state index is 0.0264. The monoisotopic (exact) mass is 359 g/mol. The van der Waals surface area contributed by atoms with E-state index < -0.39 is 17.2 Å². The molecule has 2 aromatic carbocycles. The van der Waals surface area contributed by atoms with Crippen LogP contribution in [0.25, 0.3) is 5.70 Å². The summed E-state index contributed by atoms with van der Waals surface area (Å²) in [6.45, 7) is 0. The van der Waals surface area contributed by atoms with Crippen molar-refractivity contribution in [2.24, 2.45) is 0 Å². The van der Waals surface area contributed by atoms with E-state index in [1.54, 1.807) is 24.3 Å². The number of hydrogen-bond acceptors (Lipinski definition) is 5. The maximum Gasteiger partial charge on any atom is 0.327 e. The summed E-state index contributed by atoms with van der Waals surface area (Å²) in [4.78, 5) is 42.4. The highest BCUT2D eigenvalue weighted by Gasteiger charge is 2.41. The quantitative estimate of drug-likeness (QED) is 0.530. The molecule has 7 heteroatoms. The lowest BCUT2D eigenvalue weighted by Crippen LogP contribution is -2.33. The summed E-state index contributed by atoms with van der Waals surface area (Å²) in [5, 5.41) is 13.0. The van der Waals surface area contributed by atoms with E-state index in [2.05, 4.69) is 15.3 Å². The Kier molecular flexibility index (Phi) is 3.03. The number of fused-ring (bicyclic) bond motifs is 3. The molecule has 1 aliphatic carbocycles. The summed E-state index contributed by atoms with van der Waals surface area (Å²) >= 11 is 0. The number of nitrogens with one attached hydrogen (secondary N) is 3. The zero-order valence-electron chi connectivity index (χ0n) is 13.9. The van der Waals surface area contributed by atoms with Gasteiger partial charge in [0.05, 0.1) is 11.3 Å². The number of ketones is 1. The fraction of sp³-hybridized carbons (Fsp3) is 0.0500. The minimum atomic E-state index is -0.719. The van der Waals surface area contributed by atoms with Crippen molar-refractivity contribution in [1.82, 2.24) is 9.97 Å². The number of benzene rings is 2. The Labute approximate surface area is 152 Å². The molecule has 1 aliphatic heterocycles. The highest BCUT2D eigenvalue weighted by molar-refractivity contribution is 6.23. The molecule has 0 saturated heterocycles. The molecule has 3 aromatic rings. The van der Waals surface area contributed by atoms with Crippen molar-refractivity contribution in [3.8, 4) is 5.75 Å². The van der Waals surface area contributed by atoms with Gasteiger partial charge in [0, 0.05) is 22.6 Å². The first-order valence-electron chi connectivity index (χ1n) is 8.35. The normalized spacial score (nSPS) is 17.2. The molecule has 1 unspecified atom stereocenters. The van der Waals surface area contributed by atoms with Crippen molar-refractivity contribution in [2.45, 2.75) is 5.92 Å². The molecule has 0 saturated carbocycles. The molecule has 1 aromatic heterocycles. The molecule has 5 rings (SSSR count). The van der Waals surface area contributed by atoms with E-state index in [1.165, 1.54) is 12.1 Å². The van der Waals surface area contributed by atoms with Gasteiger partial charge in [-0.3, -0.25) is 19.6 Å². The molecule has 0 amide bonds. The number of aromatic amines is 2. The molecular formula is C20H13N3O4. The third-order valence-electron chi connectivity index (χ3n) is 4.97. The Morgan fingerprint density at radius 3 is 2.44 bits per heavy atom. The summed E-state index contributed by atoms with van der Waals surface area (Å²) in [6, 6.07) is 13.6. The summed E-state index contributed by atoms with van der Waals surface area (Å²) < 4.78 is 0. The van der Waals surface area contributed by atoms with Crippen molar-refractivity contribution in [1.29, 1.82) is 0 Å². The van der Waals surface area contributed by atoms with Crippen LogP contribution in [0.2, 0.25) is 0 Å². The van der Waals surface area contributed by atoms with Crippen LogP contribution in [-0.4, -0.2) is 20.9 Å². The number of H-pyrrole nitrogens is 2. The van der Waals surface area contributed by atoms with Gasteiger partial charge in [-0.25, -0.2) is 4.79 Å². The number of anilines is 1. The lowest BCUT2D eigenvalue weighted by molar-refractivity contribution is 0.103. The minimum Gasteiger partial charge on any atom is -0.508 e. The van der Waals surface area contributed by atoms with Gasteiger partial charge < -0.3 is 10.4 Å². The van der Waals surface area contributed by atoms with Gasteiger partial charge >= 0.3 is 5.69 Å². The maximum atomic E-state index is 13.1. The molecule has 2 heterocycles. The fourth-order valence-corrected chi connectivity index (χ4v) is 3.89. The highest BCUT2D eigenvalue weighted by Crippen LogP contribution is 2.47. The summed E-state index contributed by atoms with van der Waals surface area (Å²) in [7, 11) is 0. The van der Waals surface area contributed by atoms with E-state index in [1.807, 2.05) is 12.1 Å². The van der Waals surface area contributed by atoms with E-state index in [0.717, 1.165) is 5.56 Å². The van der Waals surface area contributed by atoms with Crippen molar-refractivity contribution in [2.75, 3.05) is 5.32 Å². The molecule has 132 valence electrons. The van der Waals surface area contributed by atoms with Crippen LogP contribution in [0.1, 0.15) is 33.0 Å². The Hall–Kier alpha value is -3.87. The molecule has 0 bridgehead atoms. The summed E-state index contributed by atoms with van der Waals surface area (Å²) in [6.07, 6.45) is 0. The molecule has 0 radical (unpaired) electrons. The second-order valence-corrected chi connectivity index (χ2v) is 6.51. The van der Waals surface area contributed by atoms with Crippen molar-refractivity contribution in [3.63, 3.8) is 0 Å². The molecule has 0 fully saturated rings. The number of rotatable bonds is 1. The van der Waals surface area contributed by atoms with Crippen LogP contribution in [0.4, 0.5) is 5.82 Å². The molecule has 0 spiro atoms. The Balaban J connectivity index is 1.86. The van der Waals surface area contributed by atoms with E-state index in [-0.39, 0.29) is 22.9 Å². The van der Waals surface area contributed by atoms with Gasteiger partial charge in [0.1, 0.15) is 11.6 Å². The van der Waals surface area contributed by atoms with Crippen molar-refractivity contribution in [3.05, 3.63) is 97.2 Å². The molecule has 7 nitrogen and oxygen atoms in total. The van der Waals surface area contributed by atoms with Crippen LogP contribution in [-0.2, 0) is 0 Å². The Bertz CT molecular complexity index is 1280. The molecule has 2 aliphatic rings. The fourth-order valence-electron chi connectivity index (χ4n) is 3.89. The van der Waals surface area contributed by atoms with Crippen LogP contribution in [0.3, 0.4) is 0 Å². The molecule has 4 N–H and O–H groups in total. The predicted octanol–water partition coefficient (Wildman–Crippen LogP) is 1.93. The number of phenols is 1. The number of phenolic OH excluding ortho intramolecular Hbond substituents is 1. The van der Waals surface area contributed by atoms with Crippen molar-refractivity contribution >= 4 is 17.3 Å². The van der Waals surface area contributed by atoms with E-state index in [9.17, 15) is 19.5 Å². The average Bonchev–Trinajstić information content (AvgIpc) is 2.92. The number of hydrogen-bond donors (Lipinski definition) is 4. The topological polar surface area (TPSA) is 115 Å². The number of carbonyl (C=O) groups excluding carboxylic acids is 1. The molecule has 1 atom stereocenters. The van der Waals surface area contributed by atoms with Crippen LogP contribution in [0.15, 0.2) is 63.7 Å². The van der Waals surface area contributed by atoms with Crippen molar-refractivity contribution < 1.29 is 9.90 Å². The van der Waals surface area contributed by atoms with Gasteiger partial charge in [-0.1, -0.05) is 36.4 Å². The number of Topliss-reactive ketones (excluding diaryl/α,β-unsaturated/α-hetero) is 1. The number of aromatic hydroxyl groups is 1. The van der Waals surface area contributed by atoms with E-state index >= 15 is 0 Å². The largest absolute Gasteiger partial charge is 0.508 e. The van der Waals surface area contributed by atoms with Crippen LogP contribution in [0.5, 0.6) is 5.75 Å². The number of carbonyl (C=O) groups is 1. The van der Waals surface area contributed by atoms with Gasteiger partial charge in [0.2, 0.25) is 0 Å². The second kappa shape index (κ2) is 5.31. The van der Waals surface area contributed by atoms with Gasteiger partial charge in [-0.15, -0.1) is 0 Å². The first-order chi connectivity index (χ1) is 13.0. The van der Waals surface area contributed by atoms with E-state index in [0.29, 0.717) is 22.4 Å². The molecular weight excluding hydrogens is 346 g/mol. The summed E-state index contributed by atoms with van der Waals surface area (Å²) in [5.74, 6) is -0.625.